The zero-order chi connectivity index (χ0) is 39.6. The first-order valence-electron chi connectivity index (χ1n) is 22.0. The summed E-state index contributed by atoms with van der Waals surface area (Å²) in [7, 11) is -3.70. The molecule has 0 N–H and O–H groups in total. The highest BCUT2D eigenvalue weighted by Gasteiger charge is 2.66. The number of ether oxygens (including phenoxy) is 1. The van der Waals surface area contributed by atoms with Crippen LogP contribution >= 0.6 is 0 Å². The van der Waals surface area contributed by atoms with Crippen molar-refractivity contribution >= 4 is 28.6 Å². The first kappa shape index (κ1) is 42.1. The lowest BCUT2D eigenvalue weighted by molar-refractivity contribution is -0.197. The number of cyclic esters (lactones) is 1. The third kappa shape index (κ3) is 7.86. The quantitative estimate of drug-likeness (QED) is 0.209. The Kier molecular flexibility index (Phi) is 12.0. The molecule has 304 valence electrons. The van der Waals surface area contributed by atoms with E-state index in [0.717, 1.165) is 12.0 Å². The van der Waals surface area contributed by atoms with Crippen LogP contribution in [0.3, 0.4) is 0 Å². The van der Waals surface area contributed by atoms with Gasteiger partial charge >= 0.3 is 6.09 Å². The average Bonchev–Trinajstić information content (AvgIpc) is 3.62. The second kappa shape index (κ2) is 15.4. The summed E-state index contributed by atoms with van der Waals surface area (Å²) in [5.41, 5.74) is 1.68. The molecule has 1 aliphatic heterocycles. The lowest BCUT2D eigenvalue weighted by Gasteiger charge is -2.66. The molecule has 8 heteroatoms. The van der Waals surface area contributed by atoms with Gasteiger partial charge in [-0.05, 0) is 153 Å². The Morgan fingerprint density at radius 2 is 1.57 bits per heavy atom. The molecule has 2 unspecified atom stereocenters. The Labute approximate surface area is 331 Å². The van der Waals surface area contributed by atoms with E-state index < -0.39 is 22.7 Å². The van der Waals surface area contributed by atoms with Crippen molar-refractivity contribution in [3.05, 3.63) is 35.9 Å². The molecule has 0 bridgehead atoms. The predicted octanol–water partition coefficient (Wildman–Crippen LogP) is 11.8. The predicted molar refractivity (Wildman–Crippen MR) is 225 cm³/mol. The number of nitrogens with zero attached hydrogens (tertiary/aromatic N) is 1. The number of amides is 2. The molecule has 2 amide bonds. The largest absolute Gasteiger partial charge is 0.447 e. The Bertz CT molecular complexity index is 1490. The molecule has 6 nitrogen and oxygen atoms in total. The van der Waals surface area contributed by atoms with Crippen LogP contribution in [0.15, 0.2) is 30.3 Å². The molecular weight excluding hydrogens is 703 g/mol. The van der Waals surface area contributed by atoms with E-state index in [1.807, 2.05) is 25.1 Å². The Balaban J connectivity index is 1.21. The number of imide groups is 1. The summed E-state index contributed by atoms with van der Waals surface area (Å²) in [6.45, 7) is 31.7. The summed E-state index contributed by atoms with van der Waals surface area (Å²) in [6, 6.07) is 9.90. The fourth-order valence-corrected chi connectivity index (χ4v) is 15.5. The molecule has 0 aromatic heterocycles. The second-order valence-electron chi connectivity index (χ2n) is 21.9. The summed E-state index contributed by atoms with van der Waals surface area (Å²) in [5.74, 6) is 3.80. The first-order valence-corrected chi connectivity index (χ1v) is 28.3. The number of benzene rings is 1. The lowest BCUT2D eigenvalue weighted by Crippen LogP contribution is -2.64. The molecule has 5 aliphatic rings. The average molecular weight is 780 g/mol. The van der Waals surface area contributed by atoms with E-state index in [1.165, 1.54) is 56.3 Å². The molecule has 54 heavy (non-hydrogen) atoms. The molecule has 5 fully saturated rings. The maximum absolute atomic E-state index is 14.0. The standard InChI is InChI=1S/C46H77NO5Si2/c1-14-35-39-28-34(51-54(12,13)44(4,5)6)22-24-46(39,8)38-23-25-45(7)36(20-21-37(45)40(38)41(35)52-53(9,10)11)30(2)26-31(3)42(48)47-33(29-50-43(47)49)27-32-18-16-15-17-19-32/h15-19,30-31,33-41H,14,20-29H2,1-13H3/t30-,31-,33-,34?,35-,36-,37+,38+,39+,40+,41?,45-,46-/m1/s1. The highest BCUT2D eigenvalue weighted by atomic mass is 28.4. The van der Waals surface area contributed by atoms with Crippen LogP contribution < -0.4 is 0 Å². The van der Waals surface area contributed by atoms with Gasteiger partial charge in [-0.3, -0.25) is 4.79 Å². The van der Waals surface area contributed by atoms with Crippen LogP contribution in [0.1, 0.15) is 119 Å². The highest BCUT2D eigenvalue weighted by Crippen LogP contribution is 2.70. The van der Waals surface area contributed by atoms with Crippen LogP contribution in [0, 0.1) is 58.2 Å². The molecule has 4 saturated carbocycles. The van der Waals surface area contributed by atoms with Gasteiger partial charge in [-0.15, -0.1) is 0 Å². The van der Waals surface area contributed by atoms with E-state index in [-0.39, 0.29) is 34.9 Å². The van der Waals surface area contributed by atoms with Crippen molar-refractivity contribution < 1.29 is 23.2 Å². The van der Waals surface area contributed by atoms with Crippen molar-refractivity contribution in [1.29, 1.82) is 0 Å². The summed E-state index contributed by atoms with van der Waals surface area (Å²) < 4.78 is 20.2. The molecule has 1 saturated heterocycles. The van der Waals surface area contributed by atoms with Crippen molar-refractivity contribution in [3.63, 3.8) is 0 Å². The van der Waals surface area contributed by atoms with E-state index >= 15 is 0 Å². The van der Waals surface area contributed by atoms with E-state index in [0.29, 0.717) is 65.5 Å². The fourth-order valence-electron chi connectivity index (χ4n) is 13.0. The first-order chi connectivity index (χ1) is 25.1. The van der Waals surface area contributed by atoms with E-state index in [2.05, 4.69) is 93.3 Å². The van der Waals surface area contributed by atoms with Crippen LogP contribution in [-0.2, 0) is 24.8 Å². The van der Waals surface area contributed by atoms with Gasteiger partial charge in [-0.25, -0.2) is 9.69 Å². The van der Waals surface area contributed by atoms with Crippen LogP contribution in [0.5, 0.6) is 0 Å². The van der Waals surface area contributed by atoms with E-state index in [4.69, 9.17) is 13.6 Å². The van der Waals surface area contributed by atoms with Crippen LogP contribution in [0.25, 0.3) is 0 Å². The van der Waals surface area contributed by atoms with Gasteiger partial charge in [0.1, 0.15) is 6.61 Å². The number of rotatable bonds is 11. The van der Waals surface area contributed by atoms with Gasteiger partial charge < -0.3 is 13.6 Å². The van der Waals surface area contributed by atoms with Crippen molar-refractivity contribution in [2.24, 2.45) is 58.2 Å². The molecule has 0 radical (unpaired) electrons. The minimum atomic E-state index is -1.86. The monoisotopic (exact) mass is 780 g/mol. The van der Waals surface area contributed by atoms with Gasteiger partial charge in [-0.1, -0.05) is 92.1 Å². The topological polar surface area (TPSA) is 65.1 Å². The normalized spacial score (nSPS) is 38.3. The zero-order valence-electron chi connectivity index (χ0n) is 36.5. The Morgan fingerprint density at radius 3 is 2.20 bits per heavy atom. The molecule has 0 spiro atoms. The smallest absolute Gasteiger partial charge is 0.416 e. The SMILES string of the molecule is CC[C@H]1C(O[Si](C)(C)C)[C@@H]2[C@H](CC[C@]3(C)[C@@H]([C@H](C)C[C@@H](C)C(=O)N4C(=O)OC[C@H]4Cc4ccccc4)CC[C@@H]23)[C@@]2(C)CCC(O[Si](C)(C)C(C)(C)C)C[C@@H]12. The molecule has 4 aliphatic carbocycles. The second-order valence-corrected chi connectivity index (χ2v) is 31.1. The number of fused-ring (bicyclic) bond motifs is 5. The molecule has 6 rings (SSSR count). The van der Waals surface area contributed by atoms with Crippen molar-refractivity contribution in [1.82, 2.24) is 4.90 Å². The lowest BCUT2D eigenvalue weighted by atomic mass is 9.41. The third-order valence-electron chi connectivity index (χ3n) is 16.5. The zero-order valence-corrected chi connectivity index (χ0v) is 38.5. The minimum absolute atomic E-state index is 0.0672. The summed E-state index contributed by atoms with van der Waals surface area (Å²) in [6.07, 6.45) is 11.6. The van der Waals surface area contributed by atoms with Gasteiger partial charge in [0.25, 0.3) is 0 Å². The number of hydrogen-bond donors (Lipinski definition) is 0. The van der Waals surface area contributed by atoms with Crippen LogP contribution in [0.2, 0.25) is 37.8 Å². The van der Waals surface area contributed by atoms with Crippen molar-refractivity contribution in [2.75, 3.05) is 6.61 Å². The van der Waals surface area contributed by atoms with E-state index in [9.17, 15) is 9.59 Å². The van der Waals surface area contributed by atoms with Gasteiger partial charge in [0, 0.05) is 12.0 Å². The summed E-state index contributed by atoms with van der Waals surface area (Å²) >= 11 is 0. The van der Waals surface area contributed by atoms with E-state index in [1.54, 1.807) is 0 Å². The third-order valence-corrected chi connectivity index (χ3v) is 22.0. The molecule has 1 heterocycles. The molecule has 13 atom stereocenters. The maximum atomic E-state index is 14.0. The maximum Gasteiger partial charge on any atom is 0.416 e. The van der Waals surface area contributed by atoms with Gasteiger partial charge in [0.05, 0.1) is 12.1 Å². The van der Waals surface area contributed by atoms with Crippen molar-refractivity contribution in [2.45, 2.75) is 176 Å². The number of carbonyl (C=O) groups excluding carboxylic acids is 2. The summed E-state index contributed by atoms with van der Waals surface area (Å²) in [5, 5.41) is 0.221. The van der Waals surface area contributed by atoms with Crippen LogP contribution in [0.4, 0.5) is 4.79 Å². The molecule has 1 aromatic carbocycles. The Morgan fingerprint density at radius 1 is 0.926 bits per heavy atom. The van der Waals surface area contributed by atoms with Crippen LogP contribution in [-0.4, -0.2) is 58.4 Å². The van der Waals surface area contributed by atoms with Crippen molar-refractivity contribution in [3.8, 4) is 0 Å². The fraction of sp³-hybridized carbons (Fsp3) is 0.826. The number of hydrogen-bond acceptors (Lipinski definition) is 5. The Hall–Kier alpha value is -1.49. The van der Waals surface area contributed by atoms with Gasteiger partial charge in [-0.2, -0.15) is 0 Å². The van der Waals surface area contributed by atoms with Gasteiger partial charge in [0.2, 0.25) is 5.91 Å². The summed E-state index contributed by atoms with van der Waals surface area (Å²) in [4.78, 5) is 28.4. The molecular formula is C46H77NO5Si2. The van der Waals surface area contributed by atoms with Gasteiger partial charge in [0.15, 0.2) is 16.6 Å². The highest BCUT2D eigenvalue weighted by molar-refractivity contribution is 6.74. The number of carbonyl (C=O) groups is 2. The minimum Gasteiger partial charge on any atom is -0.447 e. The molecule has 1 aromatic rings.